The Balaban J connectivity index is 2.80. The van der Waals surface area contributed by atoms with Gasteiger partial charge in [0.05, 0.1) is 0 Å². The highest BCUT2D eigenvalue weighted by Gasteiger charge is 2.22. The summed E-state index contributed by atoms with van der Waals surface area (Å²) in [4.78, 5) is 22.8. The van der Waals surface area contributed by atoms with Crippen LogP contribution in [0, 0.1) is 0 Å². The second-order valence-corrected chi connectivity index (χ2v) is 5.50. The molecule has 1 heterocycles. The molecule has 1 N–H and O–H groups in total. The standard InChI is InChI=1S/C15H16O6/c1-8(16)19-13-11-9(20-14(18)12(13)17)6-5-7-10(11)21-15(2,3)4/h5-7,17H,1-4H3. The fourth-order valence-electron chi connectivity index (χ4n) is 1.84. The molecule has 1 aromatic heterocycles. The third kappa shape index (κ3) is 3.16. The molecule has 0 bridgehead atoms. The molecule has 112 valence electrons. The Labute approximate surface area is 120 Å². The lowest BCUT2D eigenvalue weighted by molar-refractivity contribution is -0.131. The van der Waals surface area contributed by atoms with Gasteiger partial charge in [-0.3, -0.25) is 4.79 Å². The molecule has 0 aliphatic heterocycles. The zero-order valence-electron chi connectivity index (χ0n) is 12.2. The quantitative estimate of drug-likeness (QED) is 0.676. The van der Waals surface area contributed by atoms with E-state index in [1.807, 2.05) is 20.8 Å². The number of esters is 1. The predicted molar refractivity (Wildman–Crippen MR) is 75.8 cm³/mol. The van der Waals surface area contributed by atoms with Crippen molar-refractivity contribution in [2.24, 2.45) is 0 Å². The highest BCUT2D eigenvalue weighted by atomic mass is 16.5. The van der Waals surface area contributed by atoms with Crippen LogP contribution in [0.2, 0.25) is 0 Å². The highest BCUT2D eigenvalue weighted by Crippen LogP contribution is 2.39. The first-order valence-corrected chi connectivity index (χ1v) is 6.35. The minimum atomic E-state index is -0.980. The molecule has 6 heteroatoms. The first-order chi connectivity index (χ1) is 9.69. The van der Waals surface area contributed by atoms with E-state index in [0.29, 0.717) is 5.75 Å². The average Bonchev–Trinajstić information content (AvgIpc) is 2.32. The first-order valence-electron chi connectivity index (χ1n) is 6.35. The summed E-state index contributed by atoms with van der Waals surface area (Å²) >= 11 is 0. The number of benzene rings is 1. The zero-order valence-corrected chi connectivity index (χ0v) is 12.2. The number of ether oxygens (including phenoxy) is 2. The fourth-order valence-corrected chi connectivity index (χ4v) is 1.84. The van der Waals surface area contributed by atoms with Gasteiger partial charge in [-0.15, -0.1) is 0 Å². The summed E-state index contributed by atoms with van der Waals surface area (Å²) in [6.45, 7) is 6.70. The zero-order chi connectivity index (χ0) is 15.8. The number of carbonyl (C=O) groups excluding carboxylic acids is 1. The van der Waals surface area contributed by atoms with Crippen molar-refractivity contribution in [2.75, 3.05) is 0 Å². The Morgan fingerprint density at radius 2 is 1.95 bits per heavy atom. The van der Waals surface area contributed by atoms with Gasteiger partial charge in [0.1, 0.15) is 22.3 Å². The second-order valence-electron chi connectivity index (χ2n) is 5.50. The molecule has 0 radical (unpaired) electrons. The summed E-state index contributed by atoms with van der Waals surface area (Å²) in [5, 5.41) is 10.1. The molecule has 6 nitrogen and oxygen atoms in total. The van der Waals surface area contributed by atoms with E-state index in [9.17, 15) is 14.7 Å². The SMILES string of the molecule is CC(=O)Oc1c(O)c(=O)oc2cccc(OC(C)(C)C)c12. The summed E-state index contributed by atoms with van der Waals surface area (Å²) in [6, 6.07) is 4.81. The number of hydrogen-bond acceptors (Lipinski definition) is 6. The topological polar surface area (TPSA) is 86.0 Å². The Morgan fingerprint density at radius 1 is 1.29 bits per heavy atom. The average molecular weight is 292 g/mol. The minimum Gasteiger partial charge on any atom is -0.499 e. The van der Waals surface area contributed by atoms with Crippen molar-refractivity contribution in [3.8, 4) is 17.2 Å². The summed E-state index contributed by atoms with van der Waals surface area (Å²) in [7, 11) is 0. The van der Waals surface area contributed by atoms with Gasteiger partial charge in [-0.2, -0.15) is 0 Å². The maximum absolute atomic E-state index is 11.6. The van der Waals surface area contributed by atoms with Crippen molar-refractivity contribution in [3.63, 3.8) is 0 Å². The predicted octanol–water partition coefficient (Wildman–Crippen LogP) is 2.60. The maximum Gasteiger partial charge on any atom is 0.382 e. The van der Waals surface area contributed by atoms with E-state index in [0.717, 1.165) is 0 Å². The van der Waals surface area contributed by atoms with Gasteiger partial charge in [0.2, 0.25) is 5.75 Å². The van der Waals surface area contributed by atoms with Crippen molar-refractivity contribution < 1.29 is 23.8 Å². The van der Waals surface area contributed by atoms with Crippen LogP contribution in [0.25, 0.3) is 11.0 Å². The first kappa shape index (κ1) is 14.9. The molecule has 0 atom stereocenters. The smallest absolute Gasteiger partial charge is 0.382 e. The summed E-state index contributed by atoms with van der Waals surface area (Å²) < 4.78 is 15.7. The molecule has 1 aromatic carbocycles. The number of rotatable bonds is 2. The van der Waals surface area contributed by atoms with E-state index in [4.69, 9.17) is 13.9 Å². The van der Waals surface area contributed by atoms with Crippen molar-refractivity contribution in [1.29, 1.82) is 0 Å². The van der Waals surface area contributed by atoms with E-state index >= 15 is 0 Å². The van der Waals surface area contributed by atoms with Gasteiger partial charge in [-0.25, -0.2) is 4.79 Å². The van der Waals surface area contributed by atoms with Gasteiger partial charge in [-0.05, 0) is 32.9 Å². The van der Waals surface area contributed by atoms with Gasteiger partial charge in [0.15, 0.2) is 5.75 Å². The van der Waals surface area contributed by atoms with Crippen LogP contribution in [-0.4, -0.2) is 16.7 Å². The van der Waals surface area contributed by atoms with Crippen LogP contribution < -0.4 is 15.1 Å². The Morgan fingerprint density at radius 3 is 2.52 bits per heavy atom. The molecule has 0 saturated heterocycles. The molecular formula is C15H16O6. The molecule has 0 amide bonds. The third-order valence-corrected chi connectivity index (χ3v) is 2.49. The van der Waals surface area contributed by atoms with Crippen LogP contribution >= 0.6 is 0 Å². The molecule has 2 aromatic rings. The lowest BCUT2D eigenvalue weighted by atomic mass is 10.1. The second kappa shape index (κ2) is 5.12. The van der Waals surface area contributed by atoms with Gasteiger partial charge in [0.25, 0.3) is 0 Å². The van der Waals surface area contributed by atoms with Crippen molar-refractivity contribution >= 4 is 16.9 Å². The van der Waals surface area contributed by atoms with Crippen LogP contribution in [0.5, 0.6) is 17.2 Å². The van der Waals surface area contributed by atoms with Gasteiger partial charge in [-0.1, -0.05) is 6.07 Å². The molecule has 0 aliphatic carbocycles. The van der Waals surface area contributed by atoms with Crippen molar-refractivity contribution in [1.82, 2.24) is 0 Å². The molecular weight excluding hydrogens is 276 g/mol. The van der Waals surface area contributed by atoms with E-state index < -0.39 is 22.9 Å². The monoisotopic (exact) mass is 292 g/mol. The largest absolute Gasteiger partial charge is 0.499 e. The lowest BCUT2D eigenvalue weighted by Crippen LogP contribution is -2.23. The summed E-state index contributed by atoms with van der Waals surface area (Å²) in [5.41, 5.74) is -1.34. The van der Waals surface area contributed by atoms with Crippen LogP contribution in [0.4, 0.5) is 0 Å². The normalized spacial score (nSPS) is 11.4. The summed E-state index contributed by atoms with van der Waals surface area (Å²) in [6.07, 6.45) is 0. The van der Waals surface area contributed by atoms with Gasteiger partial charge >= 0.3 is 11.6 Å². The minimum absolute atomic E-state index is 0.163. The van der Waals surface area contributed by atoms with Crippen LogP contribution in [-0.2, 0) is 4.79 Å². The lowest BCUT2D eigenvalue weighted by Gasteiger charge is -2.22. The molecule has 0 unspecified atom stereocenters. The third-order valence-electron chi connectivity index (χ3n) is 2.49. The van der Waals surface area contributed by atoms with E-state index in [1.165, 1.54) is 13.0 Å². The number of carbonyl (C=O) groups is 1. The van der Waals surface area contributed by atoms with Crippen molar-refractivity contribution in [2.45, 2.75) is 33.3 Å². The van der Waals surface area contributed by atoms with Gasteiger partial charge < -0.3 is 19.0 Å². The molecule has 0 fully saturated rings. The number of fused-ring (bicyclic) bond motifs is 1. The molecule has 0 spiro atoms. The molecule has 21 heavy (non-hydrogen) atoms. The van der Waals surface area contributed by atoms with E-state index in [-0.39, 0.29) is 16.7 Å². The Kier molecular flexibility index (Phi) is 3.63. The van der Waals surface area contributed by atoms with E-state index in [2.05, 4.69) is 0 Å². The molecule has 2 rings (SSSR count). The molecule has 0 aliphatic rings. The van der Waals surface area contributed by atoms with Crippen LogP contribution in [0.1, 0.15) is 27.7 Å². The summed E-state index contributed by atoms with van der Waals surface area (Å²) in [5.74, 6) is -1.34. The van der Waals surface area contributed by atoms with Crippen LogP contribution in [0.3, 0.4) is 0 Å². The fraction of sp³-hybridized carbons (Fsp3) is 0.333. The number of hydrogen-bond donors (Lipinski definition) is 1. The highest BCUT2D eigenvalue weighted by molar-refractivity contribution is 5.93. The maximum atomic E-state index is 11.6. The van der Waals surface area contributed by atoms with E-state index in [1.54, 1.807) is 12.1 Å². The number of aromatic hydroxyl groups is 1. The molecule has 0 saturated carbocycles. The van der Waals surface area contributed by atoms with Crippen LogP contribution in [0.15, 0.2) is 27.4 Å². The van der Waals surface area contributed by atoms with Gasteiger partial charge in [0, 0.05) is 6.92 Å². The Bertz CT molecular complexity index is 751. The Hall–Kier alpha value is -2.50. The van der Waals surface area contributed by atoms with Crippen molar-refractivity contribution in [3.05, 3.63) is 28.6 Å².